The lowest BCUT2D eigenvalue weighted by atomic mass is 9.98. The Bertz CT molecular complexity index is 580. The third-order valence-electron chi connectivity index (χ3n) is 3.32. The van der Waals surface area contributed by atoms with Crippen LogP contribution in [-0.4, -0.2) is 15.4 Å². The van der Waals surface area contributed by atoms with E-state index in [0.29, 0.717) is 23.3 Å². The molecule has 18 heavy (non-hydrogen) atoms. The SMILES string of the molecule is CC(C)C(CCl)Cn1cnc2cc(C#N)ccc21. The van der Waals surface area contributed by atoms with Gasteiger partial charge in [0.05, 0.1) is 29.0 Å². The highest BCUT2D eigenvalue weighted by Gasteiger charge is 2.14. The molecular weight excluding hydrogens is 246 g/mol. The van der Waals surface area contributed by atoms with Crippen molar-refractivity contribution in [2.75, 3.05) is 5.88 Å². The Morgan fingerprint density at radius 1 is 1.44 bits per heavy atom. The molecule has 0 aliphatic heterocycles. The van der Waals surface area contributed by atoms with Crippen molar-refractivity contribution in [2.24, 2.45) is 11.8 Å². The van der Waals surface area contributed by atoms with Gasteiger partial charge < -0.3 is 4.57 Å². The van der Waals surface area contributed by atoms with Gasteiger partial charge in [-0.2, -0.15) is 5.26 Å². The van der Waals surface area contributed by atoms with E-state index in [9.17, 15) is 0 Å². The molecule has 0 aliphatic rings. The van der Waals surface area contributed by atoms with Crippen LogP contribution >= 0.6 is 11.6 Å². The quantitative estimate of drug-likeness (QED) is 0.792. The van der Waals surface area contributed by atoms with Crippen molar-refractivity contribution in [3.8, 4) is 6.07 Å². The van der Waals surface area contributed by atoms with Gasteiger partial charge in [-0.25, -0.2) is 4.98 Å². The van der Waals surface area contributed by atoms with E-state index in [-0.39, 0.29) is 0 Å². The Kier molecular flexibility index (Phi) is 3.88. The summed E-state index contributed by atoms with van der Waals surface area (Å²) in [4.78, 5) is 4.34. The molecule has 0 spiro atoms. The van der Waals surface area contributed by atoms with Gasteiger partial charge in [0.2, 0.25) is 0 Å². The molecule has 2 aromatic rings. The second kappa shape index (κ2) is 5.41. The van der Waals surface area contributed by atoms with Crippen LogP contribution in [0.1, 0.15) is 19.4 Å². The third-order valence-corrected chi connectivity index (χ3v) is 3.72. The highest BCUT2D eigenvalue weighted by atomic mass is 35.5. The number of aromatic nitrogens is 2. The van der Waals surface area contributed by atoms with E-state index in [1.807, 2.05) is 24.5 Å². The molecule has 1 heterocycles. The van der Waals surface area contributed by atoms with Crippen molar-refractivity contribution in [1.82, 2.24) is 9.55 Å². The first-order chi connectivity index (χ1) is 8.65. The third kappa shape index (κ3) is 2.49. The molecule has 1 atom stereocenters. The number of hydrogen-bond acceptors (Lipinski definition) is 2. The van der Waals surface area contributed by atoms with Gasteiger partial charge in [-0.1, -0.05) is 13.8 Å². The van der Waals surface area contributed by atoms with Gasteiger partial charge >= 0.3 is 0 Å². The van der Waals surface area contributed by atoms with Crippen LogP contribution in [0, 0.1) is 23.2 Å². The number of nitriles is 1. The minimum Gasteiger partial charge on any atom is -0.330 e. The molecule has 0 aliphatic carbocycles. The Balaban J connectivity index is 2.32. The minimum absolute atomic E-state index is 0.430. The van der Waals surface area contributed by atoms with Crippen LogP contribution < -0.4 is 0 Å². The summed E-state index contributed by atoms with van der Waals surface area (Å²) in [6.07, 6.45) is 1.83. The summed E-state index contributed by atoms with van der Waals surface area (Å²) in [6.45, 7) is 5.23. The number of nitrogens with zero attached hydrogens (tertiary/aromatic N) is 3. The minimum atomic E-state index is 0.430. The molecular formula is C14H16ClN3. The fraction of sp³-hybridized carbons (Fsp3) is 0.429. The molecule has 0 saturated carbocycles. The summed E-state index contributed by atoms with van der Waals surface area (Å²) in [6, 6.07) is 7.72. The van der Waals surface area contributed by atoms with Gasteiger partial charge in [-0.3, -0.25) is 0 Å². The standard InChI is InChI=1S/C14H16ClN3/c1-10(2)12(6-15)8-18-9-17-13-5-11(7-16)3-4-14(13)18/h3-5,9-10,12H,6,8H2,1-2H3. The first-order valence-electron chi connectivity index (χ1n) is 6.06. The monoisotopic (exact) mass is 261 g/mol. The molecule has 1 aromatic carbocycles. The first-order valence-corrected chi connectivity index (χ1v) is 6.60. The molecule has 0 fully saturated rings. The predicted molar refractivity (Wildman–Crippen MR) is 73.5 cm³/mol. The lowest BCUT2D eigenvalue weighted by Crippen LogP contribution is -2.17. The van der Waals surface area contributed by atoms with Crippen LogP contribution in [0.3, 0.4) is 0 Å². The van der Waals surface area contributed by atoms with E-state index < -0.39 is 0 Å². The highest BCUT2D eigenvalue weighted by molar-refractivity contribution is 6.18. The second-order valence-electron chi connectivity index (χ2n) is 4.87. The van der Waals surface area contributed by atoms with Crippen LogP contribution in [0.4, 0.5) is 0 Å². The summed E-state index contributed by atoms with van der Waals surface area (Å²) >= 11 is 6.00. The number of hydrogen-bond donors (Lipinski definition) is 0. The van der Waals surface area contributed by atoms with Crippen molar-refractivity contribution < 1.29 is 0 Å². The molecule has 94 valence electrons. The number of alkyl halides is 1. The summed E-state index contributed by atoms with van der Waals surface area (Å²) < 4.78 is 2.11. The zero-order valence-electron chi connectivity index (χ0n) is 10.6. The summed E-state index contributed by atoms with van der Waals surface area (Å²) in [7, 11) is 0. The number of halogens is 1. The van der Waals surface area contributed by atoms with Gasteiger partial charge in [-0.15, -0.1) is 11.6 Å². The molecule has 3 nitrogen and oxygen atoms in total. The lowest BCUT2D eigenvalue weighted by Gasteiger charge is -2.18. The maximum absolute atomic E-state index is 8.86. The van der Waals surface area contributed by atoms with Gasteiger partial charge in [0, 0.05) is 12.4 Å². The molecule has 0 N–H and O–H groups in total. The maximum Gasteiger partial charge on any atom is 0.0992 e. The Morgan fingerprint density at radius 3 is 2.83 bits per heavy atom. The van der Waals surface area contributed by atoms with Crippen molar-refractivity contribution in [3.63, 3.8) is 0 Å². The predicted octanol–water partition coefficient (Wildman–Crippen LogP) is 3.42. The van der Waals surface area contributed by atoms with Crippen molar-refractivity contribution in [1.29, 1.82) is 5.26 Å². The van der Waals surface area contributed by atoms with E-state index in [2.05, 4.69) is 29.5 Å². The largest absolute Gasteiger partial charge is 0.330 e. The molecule has 1 aromatic heterocycles. The van der Waals surface area contributed by atoms with Gasteiger partial charge in [0.25, 0.3) is 0 Å². The average Bonchev–Trinajstić information content (AvgIpc) is 2.77. The normalized spacial score (nSPS) is 12.8. The smallest absolute Gasteiger partial charge is 0.0992 e. The maximum atomic E-state index is 8.86. The average molecular weight is 262 g/mol. The number of imidazole rings is 1. The van der Waals surface area contributed by atoms with Gasteiger partial charge in [0.1, 0.15) is 0 Å². The summed E-state index contributed by atoms with van der Waals surface area (Å²) in [5.74, 6) is 1.62. The molecule has 0 radical (unpaired) electrons. The lowest BCUT2D eigenvalue weighted by molar-refractivity contribution is 0.373. The zero-order valence-corrected chi connectivity index (χ0v) is 11.4. The second-order valence-corrected chi connectivity index (χ2v) is 5.18. The van der Waals surface area contributed by atoms with Crippen LogP contribution in [0.2, 0.25) is 0 Å². The highest BCUT2D eigenvalue weighted by Crippen LogP contribution is 2.20. The van der Waals surface area contributed by atoms with Crippen LogP contribution in [0.25, 0.3) is 11.0 Å². The Hall–Kier alpha value is -1.53. The van der Waals surface area contributed by atoms with E-state index in [4.69, 9.17) is 16.9 Å². The van der Waals surface area contributed by atoms with E-state index >= 15 is 0 Å². The van der Waals surface area contributed by atoms with Crippen molar-refractivity contribution in [2.45, 2.75) is 20.4 Å². The molecule has 0 amide bonds. The molecule has 0 bridgehead atoms. The molecule has 1 unspecified atom stereocenters. The number of rotatable bonds is 4. The fourth-order valence-corrected chi connectivity index (χ4v) is 2.42. The van der Waals surface area contributed by atoms with Gasteiger partial charge in [-0.05, 0) is 30.0 Å². The summed E-state index contributed by atoms with van der Waals surface area (Å²) in [5.41, 5.74) is 2.57. The number of fused-ring (bicyclic) bond motifs is 1. The van der Waals surface area contributed by atoms with Crippen LogP contribution in [0.15, 0.2) is 24.5 Å². The van der Waals surface area contributed by atoms with Gasteiger partial charge in [0.15, 0.2) is 0 Å². The first kappa shape index (κ1) is 12.9. The zero-order chi connectivity index (χ0) is 13.1. The number of benzene rings is 1. The Morgan fingerprint density at radius 2 is 2.22 bits per heavy atom. The molecule has 2 rings (SSSR count). The van der Waals surface area contributed by atoms with E-state index in [1.165, 1.54) is 0 Å². The van der Waals surface area contributed by atoms with E-state index in [1.54, 1.807) is 0 Å². The van der Waals surface area contributed by atoms with Crippen LogP contribution in [-0.2, 0) is 6.54 Å². The van der Waals surface area contributed by atoms with Crippen molar-refractivity contribution >= 4 is 22.6 Å². The van der Waals surface area contributed by atoms with E-state index in [0.717, 1.165) is 17.6 Å². The fourth-order valence-electron chi connectivity index (χ4n) is 1.97. The topological polar surface area (TPSA) is 41.6 Å². The Labute approximate surface area is 112 Å². The molecule has 0 saturated heterocycles. The van der Waals surface area contributed by atoms with Crippen LogP contribution in [0.5, 0.6) is 0 Å². The summed E-state index contributed by atoms with van der Waals surface area (Å²) in [5, 5.41) is 8.86. The molecule has 4 heteroatoms. The van der Waals surface area contributed by atoms with Crippen molar-refractivity contribution in [3.05, 3.63) is 30.1 Å².